The second-order valence-electron chi connectivity index (χ2n) is 6.73. The van der Waals surface area contributed by atoms with E-state index in [9.17, 15) is 22.0 Å². The van der Waals surface area contributed by atoms with E-state index in [1.54, 1.807) is 0 Å². The molecule has 1 amide bonds. The van der Waals surface area contributed by atoms with E-state index in [-0.39, 0.29) is 31.0 Å². The van der Waals surface area contributed by atoms with Gasteiger partial charge in [-0.15, -0.1) is 0 Å². The lowest BCUT2D eigenvalue weighted by Crippen LogP contribution is -2.33. The van der Waals surface area contributed by atoms with Gasteiger partial charge >= 0.3 is 0 Å². The van der Waals surface area contributed by atoms with Gasteiger partial charge in [0.25, 0.3) is 0 Å². The van der Waals surface area contributed by atoms with Gasteiger partial charge < -0.3 is 10.1 Å². The van der Waals surface area contributed by atoms with Crippen LogP contribution in [0.5, 0.6) is 5.75 Å². The first kappa shape index (κ1) is 23.6. The van der Waals surface area contributed by atoms with Crippen LogP contribution in [0.4, 0.5) is 14.5 Å². The Hall–Kier alpha value is -2.68. The summed E-state index contributed by atoms with van der Waals surface area (Å²) in [5.41, 5.74) is 0.959. The number of benzene rings is 2. The molecule has 6 nitrogen and oxygen atoms in total. The number of carbonyl (C=O) groups is 1. The first-order chi connectivity index (χ1) is 14.2. The predicted octanol–water partition coefficient (Wildman–Crippen LogP) is 3.27. The summed E-state index contributed by atoms with van der Waals surface area (Å²) in [7, 11) is -3.79. The molecule has 0 bridgehead atoms. The molecule has 1 N–H and O–H groups in total. The Bertz CT molecular complexity index is 950. The number of sulfonamides is 1. The molecule has 0 radical (unpaired) electrons. The lowest BCUT2D eigenvalue weighted by atomic mass is 10.2. The molecule has 0 unspecified atom stereocenters. The number of hydrogen-bond donors (Lipinski definition) is 1. The molecule has 2 rings (SSSR count). The highest BCUT2D eigenvalue weighted by Crippen LogP contribution is 2.23. The fourth-order valence-electron chi connectivity index (χ4n) is 2.80. The number of amides is 1. The van der Waals surface area contributed by atoms with Crippen LogP contribution in [0, 0.1) is 11.6 Å². The molecule has 0 fully saturated rings. The molecule has 0 atom stereocenters. The van der Waals surface area contributed by atoms with Gasteiger partial charge in [-0.2, -0.15) is 0 Å². The highest BCUT2D eigenvalue weighted by atomic mass is 32.2. The second kappa shape index (κ2) is 10.9. The minimum absolute atomic E-state index is 0.0556. The quantitative estimate of drug-likeness (QED) is 0.544. The molecular weight excluding hydrogens is 414 g/mol. The van der Waals surface area contributed by atoms with E-state index in [2.05, 4.69) is 12.2 Å². The number of nitrogens with one attached hydrogen (secondary N) is 1. The van der Waals surface area contributed by atoms with E-state index >= 15 is 0 Å². The number of rotatable bonds is 11. The maximum atomic E-state index is 14.0. The monoisotopic (exact) mass is 440 g/mol. The van der Waals surface area contributed by atoms with Crippen LogP contribution in [0.2, 0.25) is 0 Å². The first-order valence-electron chi connectivity index (χ1n) is 9.62. The Labute approximate surface area is 175 Å². The van der Waals surface area contributed by atoms with E-state index in [0.717, 1.165) is 29.1 Å². The molecule has 164 valence electrons. The van der Waals surface area contributed by atoms with Crippen molar-refractivity contribution in [2.45, 2.75) is 26.2 Å². The van der Waals surface area contributed by atoms with Crippen LogP contribution >= 0.6 is 0 Å². The van der Waals surface area contributed by atoms with Gasteiger partial charge in [-0.3, -0.25) is 9.10 Å². The van der Waals surface area contributed by atoms with Gasteiger partial charge in [0.2, 0.25) is 15.9 Å². The Morgan fingerprint density at radius 2 is 1.83 bits per heavy atom. The van der Waals surface area contributed by atoms with Crippen LogP contribution in [0.1, 0.15) is 25.3 Å². The highest BCUT2D eigenvalue weighted by Gasteiger charge is 2.21. The predicted molar refractivity (Wildman–Crippen MR) is 112 cm³/mol. The maximum absolute atomic E-state index is 14.0. The van der Waals surface area contributed by atoms with Crippen molar-refractivity contribution < 1.29 is 26.7 Å². The molecule has 30 heavy (non-hydrogen) atoms. The van der Waals surface area contributed by atoms with E-state index in [1.807, 2.05) is 24.3 Å². The van der Waals surface area contributed by atoms with Gasteiger partial charge in [0.15, 0.2) is 0 Å². The lowest BCUT2D eigenvalue weighted by molar-refractivity contribution is -0.121. The molecule has 2 aromatic carbocycles. The minimum atomic E-state index is -3.79. The summed E-state index contributed by atoms with van der Waals surface area (Å²) in [6, 6.07) is 10.4. The summed E-state index contributed by atoms with van der Waals surface area (Å²) in [5, 5.41) is 2.69. The van der Waals surface area contributed by atoms with E-state index < -0.39 is 21.7 Å². The van der Waals surface area contributed by atoms with Crippen molar-refractivity contribution in [1.29, 1.82) is 0 Å². The van der Waals surface area contributed by atoms with Gasteiger partial charge in [0.1, 0.15) is 24.0 Å². The van der Waals surface area contributed by atoms with Crippen molar-refractivity contribution in [3.63, 3.8) is 0 Å². The van der Waals surface area contributed by atoms with Crippen molar-refractivity contribution in [2.24, 2.45) is 0 Å². The van der Waals surface area contributed by atoms with Gasteiger partial charge in [-0.05, 0) is 42.7 Å². The SMILES string of the molecule is CCc1ccc(OCCNC(=O)CCCN(c2ccc(F)cc2F)S(C)(=O)=O)cc1. The van der Waals surface area contributed by atoms with Crippen LogP contribution in [-0.2, 0) is 21.2 Å². The molecule has 0 spiro atoms. The molecule has 0 saturated carbocycles. The molecule has 9 heteroatoms. The number of carbonyl (C=O) groups excluding carboxylic acids is 1. The van der Waals surface area contributed by atoms with Crippen LogP contribution in [-0.4, -0.2) is 40.3 Å². The summed E-state index contributed by atoms with van der Waals surface area (Å²) in [6.45, 7) is 2.57. The van der Waals surface area contributed by atoms with Crippen molar-refractivity contribution in [1.82, 2.24) is 5.32 Å². The zero-order valence-corrected chi connectivity index (χ0v) is 17.8. The smallest absolute Gasteiger partial charge is 0.232 e. The number of ether oxygens (including phenoxy) is 1. The third-order valence-corrected chi connectivity index (χ3v) is 5.55. The average Bonchev–Trinajstić information content (AvgIpc) is 2.69. The molecular formula is C21H26F2N2O4S. The third-order valence-electron chi connectivity index (χ3n) is 4.37. The van der Waals surface area contributed by atoms with Gasteiger partial charge in [-0.1, -0.05) is 19.1 Å². The molecule has 0 aliphatic heterocycles. The minimum Gasteiger partial charge on any atom is -0.492 e. The van der Waals surface area contributed by atoms with Gasteiger partial charge in [0, 0.05) is 19.0 Å². The van der Waals surface area contributed by atoms with E-state index in [1.165, 1.54) is 5.56 Å². The summed E-state index contributed by atoms with van der Waals surface area (Å²) < 4.78 is 57.4. The Balaban J connectivity index is 1.77. The highest BCUT2D eigenvalue weighted by molar-refractivity contribution is 7.92. The van der Waals surface area contributed by atoms with Crippen molar-refractivity contribution in [3.8, 4) is 5.75 Å². The van der Waals surface area contributed by atoms with Crippen LogP contribution < -0.4 is 14.4 Å². The summed E-state index contributed by atoms with van der Waals surface area (Å²) in [5.74, 6) is -1.33. The van der Waals surface area contributed by atoms with Crippen molar-refractivity contribution >= 4 is 21.6 Å². The Kier molecular flexibility index (Phi) is 8.58. The van der Waals surface area contributed by atoms with Crippen LogP contribution in [0.15, 0.2) is 42.5 Å². The zero-order chi connectivity index (χ0) is 22.1. The van der Waals surface area contributed by atoms with Gasteiger partial charge in [-0.25, -0.2) is 17.2 Å². The number of hydrogen-bond acceptors (Lipinski definition) is 4. The Morgan fingerprint density at radius 1 is 1.13 bits per heavy atom. The molecule has 0 aliphatic carbocycles. The van der Waals surface area contributed by atoms with E-state index in [0.29, 0.717) is 25.0 Å². The average molecular weight is 441 g/mol. The van der Waals surface area contributed by atoms with Crippen LogP contribution in [0.3, 0.4) is 0 Å². The molecule has 2 aromatic rings. The first-order valence-corrected chi connectivity index (χ1v) is 11.5. The lowest BCUT2D eigenvalue weighted by Gasteiger charge is -2.22. The number of halogens is 2. The normalized spacial score (nSPS) is 11.2. The number of anilines is 1. The largest absolute Gasteiger partial charge is 0.492 e. The third kappa shape index (κ3) is 7.29. The van der Waals surface area contributed by atoms with Crippen molar-refractivity contribution in [2.75, 3.05) is 30.3 Å². The Morgan fingerprint density at radius 3 is 2.43 bits per heavy atom. The second-order valence-corrected chi connectivity index (χ2v) is 8.64. The summed E-state index contributed by atoms with van der Waals surface area (Å²) >= 11 is 0. The zero-order valence-electron chi connectivity index (χ0n) is 17.0. The number of aryl methyl sites for hydroxylation is 1. The topological polar surface area (TPSA) is 75.7 Å². The fourth-order valence-corrected chi connectivity index (χ4v) is 3.77. The standard InChI is InChI=1S/C21H26F2N2O4S/c1-3-16-6-9-18(10-7-16)29-14-12-24-21(26)5-4-13-25(30(2,27)28)20-11-8-17(22)15-19(20)23/h6-11,15H,3-5,12-14H2,1-2H3,(H,24,26). The van der Waals surface area contributed by atoms with Gasteiger partial charge in [0.05, 0.1) is 18.5 Å². The number of nitrogens with zero attached hydrogens (tertiary/aromatic N) is 1. The molecule has 0 aromatic heterocycles. The summed E-state index contributed by atoms with van der Waals surface area (Å²) in [4.78, 5) is 12.0. The summed E-state index contributed by atoms with van der Waals surface area (Å²) in [6.07, 6.45) is 2.11. The maximum Gasteiger partial charge on any atom is 0.232 e. The molecule has 0 saturated heterocycles. The van der Waals surface area contributed by atoms with E-state index in [4.69, 9.17) is 4.74 Å². The molecule has 0 heterocycles. The van der Waals surface area contributed by atoms with Crippen molar-refractivity contribution in [3.05, 3.63) is 59.7 Å². The molecule has 0 aliphatic rings. The van der Waals surface area contributed by atoms with Crippen LogP contribution in [0.25, 0.3) is 0 Å². The fraction of sp³-hybridized carbons (Fsp3) is 0.381.